The fourth-order valence-corrected chi connectivity index (χ4v) is 5.29. The quantitative estimate of drug-likeness (QED) is 0.0764. The highest BCUT2D eigenvalue weighted by molar-refractivity contribution is 5.97. The maximum atomic E-state index is 14.1. The number of benzene rings is 1. The van der Waals surface area contributed by atoms with Crippen LogP contribution in [0.1, 0.15) is 128 Å². The summed E-state index contributed by atoms with van der Waals surface area (Å²) >= 11 is 0. The third kappa shape index (κ3) is 24.7. The summed E-state index contributed by atoms with van der Waals surface area (Å²) in [7, 11) is 0. The molecular weight excluding hydrogens is 839 g/mol. The average molecular weight is 908 g/mol. The lowest BCUT2D eigenvalue weighted by molar-refractivity contribution is -0.158. The number of ether oxygens (including phenoxy) is 5. The van der Waals surface area contributed by atoms with E-state index in [-0.39, 0.29) is 19.4 Å². The summed E-state index contributed by atoms with van der Waals surface area (Å²) in [6.07, 6.45) is -3.48. The number of aliphatic hydroxyl groups is 1. The van der Waals surface area contributed by atoms with Gasteiger partial charge in [0.1, 0.15) is 59.2 Å². The Kier molecular flexibility index (Phi) is 21.9. The van der Waals surface area contributed by atoms with Crippen molar-refractivity contribution in [3.05, 3.63) is 35.9 Å². The van der Waals surface area contributed by atoms with E-state index in [2.05, 4.69) is 26.6 Å². The molecule has 0 heterocycles. The molecule has 0 aliphatic carbocycles. The van der Waals surface area contributed by atoms with Gasteiger partial charge in [0.25, 0.3) is 0 Å². The Bertz CT molecular complexity index is 1780. The molecule has 6 N–H and O–H groups in total. The molecule has 5 atom stereocenters. The first-order valence-corrected chi connectivity index (χ1v) is 21.0. The predicted molar refractivity (Wildman–Crippen MR) is 230 cm³/mol. The molecule has 5 amide bonds. The van der Waals surface area contributed by atoms with Crippen LogP contribution in [0.15, 0.2) is 30.3 Å². The maximum Gasteiger partial charge on any atom is 0.408 e. The molecule has 0 fully saturated rings. The predicted octanol–water partition coefficient (Wildman–Crippen LogP) is 2.55. The van der Waals surface area contributed by atoms with Gasteiger partial charge >= 0.3 is 30.0 Å². The Morgan fingerprint density at radius 2 is 0.906 bits per heavy atom. The Labute approximate surface area is 375 Å². The minimum absolute atomic E-state index is 0.176. The summed E-state index contributed by atoms with van der Waals surface area (Å²) < 4.78 is 26.7. The van der Waals surface area contributed by atoms with Crippen molar-refractivity contribution in [3.63, 3.8) is 0 Å². The van der Waals surface area contributed by atoms with E-state index in [1.807, 2.05) is 0 Å². The van der Waals surface area contributed by atoms with Crippen molar-refractivity contribution in [1.82, 2.24) is 26.6 Å². The lowest BCUT2D eigenvalue weighted by atomic mass is 10.1. The number of rotatable bonds is 21. The highest BCUT2D eigenvalue weighted by Gasteiger charge is 2.35. The van der Waals surface area contributed by atoms with Crippen LogP contribution >= 0.6 is 0 Å². The van der Waals surface area contributed by atoms with Gasteiger partial charge in [0.15, 0.2) is 0 Å². The molecule has 0 spiro atoms. The molecule has 0 bridgehead atoms. The fraction of sp³-hybridized carbons (Fsp3) is 0.659. The molecule has 0 saturated heterocycles. The number of hydrogen-bond acceptors (Lipinski definition) is 15. The van der Waals surface area contributed by atoms with Gasteiger partial charge in [0, 0.05) is 12.8 Å². The van der Waals surface area contributed by atoms with Crippen LogP contribution in [-0.2, 0) is 68.6 Å². The van der Waals surface area contributed by atoms with Crippen LogP contribution in [0.4, 0.5) is 4.79 Å². The van der Waals surface area contributed by atoms with Crippen molar-refractivity contribution in [2.24, 2.45) is 0 Å². The van der Waals surface area contributed by atoms with Crippen molar-refractivity contribution >= 4 is 53.6 Å². The standard InChI is InChI=1S/C44H69N5O15/c1-26(39(58)64-44(11,12)13)45-38(57)31(24-50)48-35(54)28(19-21-32(51)61-41(2,3)4)46-37(56)30(23-34(53)63-43(8,9)10)47-36(55)29(20-22-33(52)62-42(5,6)7)49-40(59)60-25-27-17-15-14-16-18-27/h14-18,26,28-31,50H,19-25H2,1-13H3,(H,45,57)(H,46,56)(H,47,55)(H,48,54)(H,49,59)/t26-,28-,29-,30-,31-/m0/s1. The molecule has 0 aromatic heterocycles. The number of nitrogens with one attached hydrogen (secondary N) is 5. The Morgan fingerprint density at radius 3 is 1.36 bits per heavy atom. The zero-order valence-corrected chi connectivity index (χ0v) is 39.4. The molecule has 0 unspecified atom stereocenters. The third-order valence-electron chi connectivity index (χ3n) is 7.93. The van der Waals surface area contributed by atoms with Crippen molar-refractivity contribution in [2.45, 2.75) is 181 Å². The van der Waals surface area contributed by atoms with Crippen LogP contribution in [-0.4, -0.2) is 118 Å². The van der Waals surface area contributed by atoms with E-state index in [0.29, 0.717) is 5.56 Å². The zero-order valence-electron chi connectivity index (χ0n) is 39.4. The van der Waals surface area contributed by atoms with E-state index in [1.54, 1.807) is 113 Å². The molecule has 64 heavy (non-hydrogen) atoms. The number of carbonyl (C=O) groups is 9. The number of amides is 5. The highest BCUT2D eigenvalue weighted by atomic mass is 16.6. The minimum Gasteiger partial charge on any atom is -0.460 e. The number of alkyl carbamates (subject to hydrolysis) is 1. The monoisotopic (exact) mass is 907 g/mol. The molecule has 1 rings (SSSR count). The smallest absolute Gasteiger partial charge is 0.408 e. The Hall–Kier alpha value is -5.79. The summed E-state index contributed by atoms with van der Waals surface area (Å²) in [5.74, 6) is -7.50. The normalized spacial score (nSPS) is 14.2. The average Bonchev–Trinajstić information content (AvgIpc) is 3.13. The third-order valence-corrected chi connectivity index (χ3v) is 7.93. The topological polar surface area (TPSA) is 280 Å². The largest absolute Gasteiger partial charge is 0.460 e. The summed E-state index contributed by atoms with van der Waals surface area (Å²) in [6.45, 7) is 19.5. The number of hydrogen-bond donors (Lipinski definition) is 6. The molecule has 20 nitrogen and oxygen atoms in total. The van der Waals surface area contributed by atoms with E-state index in [0.717, 1.165) is 0 Å². The Morgan fingerprint density at radius 1 is 0.516 bits per heavy atom. The van der Waals surface area contributed by atoms with Crippen molar-refractivity contribution in [3.8, 4) is 0 Å². The van der Waals surface area contributed by atoms with Crippen LogP contribution in [0.3, 0.4) is 0 Å². The second-order valence-corrected chi connectivity index (χ2v) is 18.9. The van der Waals surface area contributed by atoms with Crippen LogP contribution in [0, 0.1) is 0 Å². The van der Waals surface area contributed by atoms with Crippen LogP contribution in [0.5, 0.6) is 0 Å². The summed E-state index contributed by atoms with van der Waals surface area (Å²) in [4.78, 5) is 119. The van der Waals surface area contributed by atoms with Gasteiger partial charge in [-0.25, -0.2) is 9.59 Å². The van der Waals surface area contributed by atoms with E-state index in [4.69, 9.17) is 23.7 Å². The van der Waals surface area contributed by atoms with Gasteiger partial charge in [0.05, 0.1) is 13.0 Å². The van der Waals surface area contributed by atoms with Crippen molar-refractivity contribution < 1.29 is 71.9 Å². The number of aliphatic hydroxyl groups excluding tert-OH is 1. The summed E-state index contributed by atoms with van der Waals surface area (Å²) in [6, 6.07) is 0.734. The zero-order chi connectivity index (χ0) is 49.2. The molecule has 1 aromatic carbocycles. The number of esters is 4. The molecule has 1 aromatic rings. The first-order chi connectivity index (χ1) is 29.3. The van der Waals surface area contributed by atoms with E-state index in [1.165, 1.54) is 6.92 Å². The second kappa shape index (κ2) is 24.9. The van der Waals surface area contributed by atoms with Crippen LogP contribution < -0.4 is 26.6 Å². The van der Waals surface area contributed by atoms with Gasteiger partial charge in [-0.05, 0) is 108 Å². The van der Waals surface area contributed by atoms with Gasteiger partial charge in [0.2, 0.25) is 23.6 Å². The minimum atomic E-state index is -1.81. The van der Waals surface area contributed by atoms with Crippen LogP contribution in [0.25, 0.3) is 0 Å². The van der Waals surface area contributed by atoms with Gasteiger partial charge in [-0.15, -0.1) is 0 Å². The van der Waals surface area contributed by atoms with E-state index in [9.17, 15) is 48.3 Å². The van der Waals surface area contributed by atoms with Crippen molar-refractivity contribution in [1.29, 1.82) is 0 Å². The van der Waals surface area contributed by atoms with Crippen molar-refractivity contribution in [2.75, 3.05) is 6.61 Å². The second-order valence-electron chi connectivity index (χ2n) is 18.9. The lowest BCUT2D eigenvalue weighted by Gasteiger charge is -2.27. The van der Waals surface area contributed by atoms with Gasteiger partial charge < -0.3 is 55.4 Å². The molecular formula is C44H69N5O15. The maximum absolute atomic E-state index is 14.1. The van der Waals surface area contributed by atoms with E-state index < -0.39 is 132 Å². The molecule has 0 aliphatic rings. The first kappa shape index (κ1) is 56.2. The summed E-state index contributed by atoms with van der Waals surface area (Å²) in [5, 5.41) is 21.9. The van der Waals surface area contributed by atoms with Crippen LogP contribution in [0.2, 0.25) is 0 Å². The number of carbonyl (C=O) groups excluding carboxylic acids is 9. The lowest BCUT2D eigenvalue weighted by Crippen LogP contribution is -2.59. The summed E-state index contributed by atoms with van der Waals surface area (Å²) in [5.41, 5.74) is -3.09. The molecule has 360 valence electrons. The molecule has 20 heteroatoms. The van der Waals surface area contributed by atoms with Gasteiger partial charge in [-0.2, -0.15) is 0 Å². The molecule has 0 aliphatic heterocycles. The molecule has 0 saturated carbocycles. The fourth-order valence-electron chi connectivity index (χ4n) is 5.29. The highest BCUT2D eigenvalue weighted by Crippen LogP contribution is 2.15. The SMILES string of the molecule is C[C@H](NC(=O)[C@H](CO)NC(=O)[C@H](CCC(=O)OC(C)(C)C)NC(=O)[C@H](CC(=O)OC(C)(C)C)NC(=O)[C@H](CCC(=O)OC(C)(C)C)NC(=O)OCc1ccccc1)C(=O)OC(C)(C)C. The first-order valence-electron chi connectivity index (χ1n) is 21.0. The Balaban J connectivity index is 3.53. The van der Waals surface area contributed by atoms with Gasteiger partial charge in [-0.1, -0.05) is 30.3 Å². The van der Waals surface area contributed by atoms with Gasteiger partial charge in [-0.3, -0.25) is 33.6 Å². The molecule has 0 radical (unpaired) electrons. The van der Waals surface area contributed by atoms with E-state index >= 15 is 0 Å².